The van der Waals surface area contributed by atoms with Crippen molar-refractivity contribution in [3.05, 3.63) is 11.8 Å². The fraction of sp³-hybridized carbons (Fsp3) is 0.727. The van der Waals surface area contributed by atoms with Crippen LogP contribution in [0.25, 0.3) is 0 Å². The molecule has 0 amide bonds. The normalized spacial score (nSPS) is 14.7. The van der Waals surface area contributed by atoms with Crippen molar-refractivity contribution in [2.45, 2.75) is 41.5 Å². The van der Waals surface area contributed by atoms with Crippen LogP contribution in [-0.4, -0.2) is 5.71 Å². The Bertz CT molecular complexity index is 185. The predicted octanol–water partition coefficient (Wildman–Crippen LogP) is 3.66. The first-order chi connectivity index (χ1) is 5.49. The first kappa shape index (κ1) is 11.4. The number of nitrogens with zero attached hydrogens (tertiary/aromatic N) is 1. The molecule has 0 rings (SSSR count). The summed E-state index contributed by atoms with van der Waals surface area (Å²) >= 11 is 0. The van der Waals surface area contributed by atoms with Crippen LogP contribution in [0.15, 0.2) is 16.8 Å². The molecule has 0 spiro atoms. The van der Waals surface area contributed by atoms with Crippen LogP contribution >= 0.6 is 0 Å². The fourth-order valence-electron chi connectivity index (χ4n) is 0.860. The molecule has 1 nitrogen and oxygen atoms in total. The van der Waals surface area contributed by atoms with E-state index in [0.29, 0.717) is 11.8 Å². The van der Waals surface area contributed by atoms with Crippen molar-refractivity contribution in [3.8, 4) is 0 Å². The first-order valence-corrected chi connectivity index (χ1v) is 4.70. The van der Waals surface area contributed by atoms with Crippen LogP contribution in [0.4, 0.5) is 0 Å². The van der Waals surface area contributed by atoms with Crippen LogP contribution in [-0.2, 0) is 0 Å². The van der Waals surface area contributed by atoms with Crippen molar-refractivity contribution in [2.75, 3.05) is 0 Å². The van der Waals surface area contributed by atoms with Gasteiger partial charge < -0.3 is 0 Å². The summed E-state index contributed by atoms with van der Waals surface area (Å²) in [7, 11) is 0. The minimum absolute atomic E-state index is 0.531. The van der Waals surface area contributed by atoms with Crippen LogP contribution < -0.4 is 0 Å². The second-order valence-corrected chi connectivity index (χ2v) is 3.78. The van der Waals surface area contributed by atoms with Gasteiger partial charge in [-0.25, -0.2) is 0 Å². The van der Waals surface area contributed by atoms with Gasteiger partial charge >= 0.3 is 0 Å². The third kappa shape index (κ3) is 3.70. The van der Waals surface area contributed by atoms with Gasteiger partial charge in [0.25, 0.3) is 0 Å². The molecular formula is C11H21N. The highest BCUT2D eigenvalue weighted by Gasteiger charge is 2.02. The van der Waals surface area contributed by atoms with Gasteiger partial charge in [0.2, 0.25) is 0 Å². The van der Waals surface area contributed by atoms with E-state index >= 15 is 0 Å². The van der Waals surface area contributed by atoms with E-state index in [1.165, 1.54) is 11.4 Å². The molecule has 1 heteroatoms. The average Bonchev–Trinajstić information content (AvgIpc) is 1.98. The third-order valence-corrected chi connectivity index (χ3v) is 2.03. The van der Waals surface area contributed by atoms with Crippen molar-refractivity contribution in [2.24, 2.45) is 16.8 Å². The molecule has 0 atom stereocenters. The van der Waals surface area contributed by atoms with Gasteiger partial charge in [-0.05, 0) is 25.7 Å². The third-order valence-electron chi connectivity index (χ3n) is 2.03. The maximum Gasteiger partial charge on any atom is 0.0385 e. The summed E-state index contributed by atoms with van der Waals surface area (Å²) in [5.41, 5.74) is 2.41. The monoisotopic (exact) mass is 167 g/mol. The second kappa shape index (κ2) is 5.13. The average molecular weight is 167 g/mol. The molecule has 0 bridgehead atoms. The van der Waals surface area contributed by atoms with E-state index in [4.69, 9.17) is 0 Å². The lowest BCUT2D eigenvalue weighted by atomic mass is 10.1. The lowest BCUT2D eigenvalue weighted by Crippen LogP contribution is -2.04. The SMILES string of the molecule is C/C=C(\N=C(C)C(C)C)C(C)C. The molecule has 0 heterocycles. The summed E-state index contributed by atoms with van der Waals surface area (Å²) in [6.07, 6.45) is 2.09. The zero-order valence-electron chi connectivity index (χ0n) is 9.18. The molecular weight excluding hydrogens is 146 g/mol. The maximum absolute atomic E-state index is 4.57. The summed E-state index contributed by atoms with van der Waals surface area (Å²) in [6, 6.07) is 0. The van der Waals surface area contributed by atoms with Crippen LogP contribution in [0.3, 0.4) is 0 Å². The fourth-order valence-corrected chi connectivity index (χ4v) is 0.860. The smallest absolute Gasteiger partial charge is 0.0385 e. The molecule has 0 saturated carbocycles. The summed E-state index contributed by atoms with van der Waals surface area (Å²) < 4.78 is 0. The van der Waals surface area contributed by atoms with Crippen molar-refractivity contribution in [1.82, 2.24) is 0 Å². The van der Waals surface area contributed by atoms with E-state index in [2.05, 4.69) is 45.7 Å². The Labute approximate surface area is 76.6 Å². The number of rotatable bonds is 3. The molecule has 0 saturated heterocycles. The molecule has 0 aliphatic carbocycles. The van der Waals surface area contributed by atoms with Gasteiger partial charge in [-0.15, -0.1) is 0 Å². The Balaban J connectivity index is 4.49. The van der Waals surface area contributed by atoms with Crippen molar-refractivity contribution in [1.29, 1.82) is 0 Å². The highest BCUT2D eigenvalue weighted by Crippen LogP contribution is 2.12. The zero-order valence-corrected chi connectivity index (χ0v) is 9.18. The molecule has 0 N–H and O–H groups in total. The summed E-state index contributed by atoms with van der Waals surface area (Å²) in [5.74, 6) is 1.09. The number of hydrogen-bond acceptors (Lipinski definition) is 1. The summed E-state index contributed by atoms with van der Waals surface area (Å²) in [6.45, 7) is 12.8. The van der Waals surface area contributed by atoms with Crippen molar-refractivity contribution in [3.63, 3.8) is 0 Å². The van der Waals surface area contributed by atoms with E-state index in [9.17, 15) is 0 Å². The summed E-state index contributed by atoms with van der Waals surface area (Å²) in [4.78, 5) is 4.57. The highest BCUT2D eigenvalue weighted by atomic mass is 14.8. The number of aliphatic imine (C=N–C) groups is 1. The van der Waals surface area contributed by atoms with Crippen LogP contribution in [0.5, 0.6) is 0 Å². The minimum atomic E-state index is 0.531. The van der Waals surface area contributed by atoms with Gasteiger partial charge in [0.15, 0.2) is 0 Å². The Morgan fingerprint density at radius 2 is 1.58 bits per heavy atom. The van der Waals surface area contributed by atoms with E-state index in [0.717, 1.165) is 0 Å². The van der Waals surface area contributed by atoms with Crippen molar-refractivity contribution >= 4 is 5.71 Å². The predicted molar refractivity (Wildman–Crippen MR) is 56.5 cm³/mol. The Hall–Kier alpha value is -0.590. The van der Waals surface area contributed by atoms with Gasteiger partial charge in [-0.2, -0.15) is 0 Å². The maximum atomic E-state index is 4.57. The van der Waals surface area contributed by atoms with E-state index in [1.807, 2.05) is 6.92 Å². The molecule has 0 aliphatic rings. The Kier molecular flexibility index (Phi) is 4.87. The van der Waals surface area contributed by atoms with Gasteiger partial charge in [0, 0.05) is 11.4 Å². The van der Waals surface area contributed by atoms with Crippen LogP contribution in [0.1, 0.15) is 41.5 Å². The van der Waals surface area contributed by atoms with Gasteiger partial charge in [-0.1, -0.05) is 33.8 Å². The van der Waals surface area contributed by atoms with Gasteiger partial charge in [0.1, 0.15) is 0 Å². The molecule has 70 valence electrons. The molecule has 0 aromatic carbocycles. The topological polar surface area (TPSA) is 12.4 Å². The molecule has 0 unspecified atom stereocenters. The lowest BCUT2D eigenvalue weighted by Gasteiger charge is -2.09. The first-order valence-electron chi connectivity index (χ1n) is 4.70. The van der Waals surface area contributed by atoms with Gasteiger partial charge in [0.05, 0.1) is 0 Å². The Morgan fingerprint density at radius 1 is 1.08 bits per heavy atom. The molecule has 0 fully saturated rings. The quantitative estimate of drug-likeness (QED) is 0.569. The molecule has 0 aromatic rings. The minimum Gasteiger partial charge on any atom is -0.262 e. The highest BCUT2D eigenvalue weighted by molar-refractivity contribution is 5.84. The van der Waals surface area contributed by atoms with Crippen LogP contribution in [0.2, 0.25) is 0 Å². The second-order valence-electron chi connectivity index (χ2n) is 3.78. The Morgan fingerprint density at radius 3 is 1.83 bits per heavy atom. The van der Waals surface area contributed by atoms with E-state index in [-0.39, 0.29) is 0 Å². The number of hydrogen-bond donors (Lipinski definition) is 0. The zero-order chi connectivity index (χ0) is 9.72. The van der Waals surface area contributed by atoms with E-state index < -0.39 is 0 Å². The summed E-state index contributed by atoms with van der Waals surface area (Å²) in [5, 5.41) is 0. The molecule has 0 aromatic heterocycles. The van der Waals surface area contributed by atoms with Gasteiger partial charge in [-0.3, -0.25) is 4.99 Å². The molecule has 0 aliphatic heterocycles. The largest absolute Gasteiger partial charge is 0.262 e. The standard InChI is InChI=1S/C11H21N/c1-7-11(9(4)5)12-10(6)8(2)3/h7-9H,1-6H3/b11-7-,12-10?. The van der Waals surface area contributed by atoms with Crippen LogP contribution in [0, 0.1) is 11.8 Å². The number of allylic oxidation sites excluding steroid dienone is 2. The molecule has 0 radical (unpaired) electrons. The lowest BCUT2D eigenvalue weighted by molar-refractivity contribution is 0.748. The van der Waals surface area contributed by atoms with Crippen molar-refractivity contribution < 1.29 is 0 Å². The molecule has 12 heavy (non-hydrogen) atoms. The van der Waals surface area contributed by atoms with E-state index in [1.54, 1.807) is 0 Å².